The summed E-state index contributed by atoms with van der Waals surface area (Å²) in [6.45, 7) is 3.94. The third-order valence-corrected chi connectivity index (χ3v) is 1.55. The van der Waals surface area contributed by atoms with Crippen LogP contribution in [-0.2, 0) is 0 Å². The summed E-state index contributed by atoms with van der Waals surface area (Å²) < 4.78 is 5.17. The monoisotopic (exact) mass is 201 g/mol. The Hall–Kier alpha value is -0.660. The van der Waals surface area contributed by atoms with Crippen molar-refractivity contribution in [2.45, 2.75) is 0 Å². The second-order valence-electron chi connectivity index (χ2n) is 2.11. The summed E-state index contributed by atoms with van der Waals surface area (Å²) in [5, 5.41) is 0.986. The minimum Gasteiger partial charge on any atom is -0.489 e. The molecule has 0 amide bonds. The Morgan fingerprint density at radius 2 is 2.25 bits per heavy atom. The first-order valence-electron chi connectivity index (χ1n) is 3.34. The number of hydrogen-bond acceptors (Lipinski definition) is 1. The molecule has 1 nitrogen and oxygen atoms in total. The zero-order valence-corrected chi connectivity index (χ0v) is 7.82. The molecule has 0 unspecified atom stereocenters. The molecule has 0 aliphatic rings. The summed E-state index contributed by atoms with van der Waals surface area (Å²) in [6.07, 6.45) is 1.64. The predicted molar refractivity (Wildman–Crippen MR) is 51.0 cm³/mol. The van der Waals surface area contributed by atoms with Crippen LogP contribution in [0, 0.1) is 6.07 Å². The van der Waals surface area contributed by atoms with E-state index in [1.807, 2.05) is 0 Å². The lowest BCUT2D eigenvalue weighted by Gasteiger charge is -2.02. The van der Waals surface area contributed by atoms with Crippen LogP contribution in [0.25, 0.3) is 0 Å². The van der Waals surface area contributed by atoms with Crippen molar-refractivity contribution < 1.29 is 4.74 Å². The molecule has 0 fully saturated rings. The standard InChI is InChI=1S/C9H7Cl2O/c1-2-3-12-9-5-7(10)4-8(11)6-9/h2,4-5H,1,3H2. The molecule has 0 aromatic heterocycles. The van der Waals surface area contributed by atoms with Gasteiger partial charge in [-0.3, -0.25) is 0 Å². The first kappa shape index (κ1) is 9.43. The van der Waals surface area contributed by atoms with Gasteiger partial charge < -0.3 is 4.74 Å². The highest BCUT2D eigenvalue weighted by molar-refractivity contribution is 6.34. The van der Waals surface area contributed by atoms with E-state index in [9.17, 15) is 0 Å². The molecule has 0 aliphatic heterocycles. The van der Waals surface area contributed by atoms with Crippen LogP contribution in [0.5, 0.6) is 5.75 Å². The van der Waals surface area contributed by atoms with Crippen molar-refractivity contribution >= 4 is 23.2 Å². The van der Waals surface area contributed by atoms with Crippen LogP contribution >= 0.6 is 23.2 Å². The van der Waals surface area contributed by atoms with E-state index >= 15 is 0 Å². The first-order chi connectivity index (χ1) is 5.72. The number of rotatable bonds is 3. The third kappa shape index (κ3) is 2.76. The lowest BCUT2D eigenvalue weighted by molar-refractivity contribution is 0.362. The Kier molecular flexibility index (Phi) is 3.45. The lowest BCUT2D eigenvalue weighted by Crippen LogP contribution is -1.92. The second kappa shape index (κ2) is 4.39. The van der Waals surface area contributed by atoms with Gasteiger partial charge in [-0.2, -0.15) is 0 Å². The smallest absolute Gasteiger partial charge is 0.130 e. The Balaban J connectivity index is 2.78. The minimum absolute atomic E-state index is 0.424. The van der Waals surface area contributed by atoms with Crippen LogP contribution in [0.15, 0.2) is 24.8 Å². The van der Waals surface area contributed by atoms with Crippen molar-refractivity contribution in [2.75, 3.05) is 6.61 Å². The summed E-state index contributed by atoms with van der Waals surface area (Å²) in [6, 6.07) is 6.04. The molecule has 1 aromatic rings. The van der Waals surface area contributed by atoms with Gasteiger partial charge >= 0.3 is 0 Å². The lowest BCUT2D eigenvalue weighted by atomic mass is 10.3. The molecule has 0 saturated carbocycles. The van der Waals surface area contributed by atoms with Gasteiger partial charge in [-0.25, -0.2) is 0 Å². The van der Waals surface area contributed by atoms with Crippen LogP contribution in [0.3, 0.4) is 0 Å². The molecule has 1 rings (SSSR count). The van der Waals surface area contributed by atoms with E-state index in [1.54, 1.807) is 18.2 Å². The van der Waals surface area contributed by atoms with E-state index in [4.69, 9.17) is 27.9 Å². The second-order valence-corrected chi connectivity index (χ2v) is 2.95. The molecule has 0 bridgehead atoms. The van der Waals surface area contributed by atoms with Crippen LogP contribution in [0.1, 0.15) is 0 Å². The van der Waals surface area contributed by atoms with Crippen molar-refractivity contribution in [3.63, 3.8) is 0 Å². The van der Waals surface area contributed by atoms with E-state index in [-0.39, 0.29) is 0 Å². The minimum atomic E-state index is 0.424. The quantitative estimate of drug-likeness (QED) is 0.682. The number of ether oxygens (including phenoxy) is 1. The van der Waals surface area contributed by atoms with Gasteiger partial charge in [-0.1, -0.05) is 35.9 Å². The molecule has 0 atom stereocenters. The van der Waals surface area contributed by atoms with E-state index in [0.717, 1.165) is 0 Å². The normalized spacial score (nSPS) is 9.50. The van der Waals surface area contributed by atoms with Gasteiger partial charge in [-0.15, -0.1) is 0 Å². The van der Waals surface area contributed by atoms with Gasteiger partial charge in [0.05, 0.1) is 5.02 Å². The Bertz CT molecular complexity index is 264. The van der Waals surface area contributed by atoms with Crippen LogP contribution < -0.4 is 4.74 Å². The van der Waals surface area contributed by atoms with Crippen LogP contribution in [0.4, 0.5) is 0 Å². The van der Waals surface area contributed by atoms with E-state index < -0.39 is 0 Å². The molecule has 63 valence electrons. The third-order valence-electron chi connectivity index (χ3n) is 1.13. The van der Waals surface area contributed by atoms with Crippen LogP contribution in [-0.4, -0.2) is 6.61 Å². The molecule has 1 radical (unpaired) electrons. The van der Waals surface area contributed by atoms with E-state index in [0.29, 0.717) is 22.4 Å². The molecule has 0 spiro atoms. The molecule has 3 heteroatoms. The van der Waals surface area contributed by atoms with Crippen molar-refractivity contribution in [3.8, 4) is 5.75 Å². The molecule has 0 heterocycles. The number of halogens is 2. The topological polar surface area (TPSA) is 9.23 Å². The Morgan fingerprint density at radius 1 is 1.50 bits per heavy atom. The summed E-state index contributed by atoms with van der Waals surface area (Å²) in [4.78, 5) is 0. The van der Waals surface area contributed by atoms with Gasteiger partial charge in [0, 0.05) is 11.1 Å². The van der Waals surface area contributed by atoms with Gasteiger partial charge in [0.1, 0.15) is 12.4 Å². The molecule has 1 aromatic carbocycles. The molecule has 0 saturated heterocycles. The molecular formula is C9H7Cl2O. The maximum Gasteiger partial charge on any atom is 0.130 e. The molecule has 0 aliphatic carbocycles. The van der Waals surface area contributed by atoms with Crippen molar-refractivity contribution in [1.29, 1.82) is 0 Å². The van der Waals surface area contributed by atoms with Gasteiger partial charge in [0.2, 0.25) is 0 Å². The predicted octanol–water partition coefficient (Wildman–Crippen LogP) is 3.36. The maximum absolute atomic E-state index is 5.72. The fourth-order valence-corrected chi connectivity index (χ4v) is 1.18. The average molecular weight is 202 g/mol. The summed E-state index contributed by atoms with van der Waals surface area (Å²) in [7, 11) is 0. The molecular weight excluding hydrogens is 195 g/mol. The van der Waals surface area contributed by atoms with Crippen LogP contribution in [0.2, 0.25) is 10.0 Å². The van der Waals surface area contributed by atoms with Gasteiger partial charge in [0.25, 0.3) is 0 Å². The van der Waals surface area contributed by atoms with Crippen molar-refractivity contribution in [1.82, 2.24) is 0 Å². The highest BCUT2D eigenvalue weighted by atomic mass is 35.5. The zero-order chi connectivity index (χ0) is 8.97. The fraction of sp³-hybridized carbons (Fsp3) is 0.111. The van der Waals surface area contributed by atoms with E-state index in [2.05, 4.69) is 12.6 Å². The van der Waals surface area contributed by atoms with Crippen molar-refractivity contribution in [3.05, 3.63) is 40.9 Å². The van der Waals surface area contributed by atoms with Gasteiger partial charge in [-0.05, 0) is 12.1 Å². The highest BCUT2D eigenvalue weighted by Gasteiger charge is 1.98. The molecule has 12 heavy (non-hydrogen) atoms. The average Bonchev–Trinajstić information content (AvgIpc) is 1.99. The summed E-state index contributed by atoms with van der Waals surface area (Å²) in [5.74, 6) is 0.535. The van der Waals surface area contributed by atoms with E-state index in [1.165, 1.54) is 0 Å². The van der Waals surface area contributed by atoms with Crippen molar-refractivity contribution in [2.24, 2.45) is 0 Å². The fourth-order valence-electron chi connectivity index (χ4n) is 0.704. The largest absolute Gasteiger partial charge is 0.489 e. The Morgan fingerprint density at radius 3 is 2.83 bits per heavy atom. The van der Waals surface area contributed by atoms with Gasteiger partial charge in [0.15, 0.2) is 0 Å². The summed E-state index contributed by atoms with van der Waals surface area (Å²) >= 11 is 11.4. The first-order valence-corrected chi connectivity index (χ1v) is 4.10. The Labute approximate surface area is 81.6 Å². The molecule has 0 N–H and O–H groups in total. The number of hydrogen-bond donors (Lipinski definition) is 0. The SMILES string of the molecule is C=CCOc1[c]c(Cl)cc(Cl)c1. The highest BCUT2D eigenvalue weighted by Crippen LogP contribution is 2.23. The zero-order valence-electron chi connectivity index (χ0n) is 6.31. The summed E-state index contributed by atoms with van der Waals surface area (Å²) in [5.41, 5.74) is 0. The maximum atomic E-state index is 5.72. The number of benzene rings is 1.